The number of nitrogens with zero attached hydrogens (tertiary/aromatic N) is 2. The number of rotatable bonds is 9. The minimum atomic E-state index is -0.232. The van der Waals surface area contributed by atoms with Crippen LogP contribution >= 0.6 is 11.6 Å². The highest BCUT2D eigenvalue weighted by Crippen LogP contribution is 2.19. The van der Waals surface area contributed by atoms with Crippen molar-refractivity contribution in [3.05, 3.63) is 5.89 Å². The van der Waals surface area contributed by atoms with Crippen molar-refractivity contribution in [2.45, 2.75) is 58.3 Å². The molecule has 0 aliphatic carbocycles. The van der Waals surface area contributed by atoms with E-state index >= 15 is 0 Å². The summed E-state index contributed by atoms with van der Waals surface area (Å²) in [5, 5.41) is 10.6. The molecule has 1 atom stereocenters. The molecule has 1 aromatic heterocycles. The fraction of sp³-hybridized carbons (Fsp3) is 0.846. The molecule has 1 unspecified atom stereocenters. The maximum Gasteiger partial charge on any atom is 0.315 e. The zero-order chi connectivity index (χ0) is 13.4. The number of hydrogen-bond donors (Lipinski definition) is 1. The Hall–Kier alpha value is -0.770. The topological polar surface area (TPSA) is 51.0 Å². The fourth-order valence-corrected chi connectivity index (χ4v) is 1.78. The highest BCUT2D eigenvalue weighted by atomic mass is 35.5. The standard InChI is InChI=1S/C13H24ClN3O/c1-10(2)8-6-4-5-7-9-15-13-17-16-12(18-13)11(3)14/h10-11H,4-9H2,1-3H3,(H,15,17). The van der Waals surface area contributed by atoms with Gasteiger partial charge in [0.1, 0.15) is 5.38 Å². The Morgan fingerprint density at radius 3 is 2.44 bits per heavy atom. The van der Waals surface area contributed by atoms with Crippen molar-refractivity contribution in [3.8, 4) is 0 Å². The third kappa shape index (κ3) is 6.24. The predicted octanol–water partition coefficient (Wildman–Crippen LogP) is 4.39. The highest BCUT2D eigenvalue weighted by Gasteiger charge is 2.10. The van der Waals surface area contributed by atoms with Crippen LogP contribution in [0.5, 0.6) is 0 Å². The Morgan fingerprint density at radius 1 is 1.11 bits per heavy atom. The Bertz CT molecular complexity index is 326. The molecule has 1 heterocycles. The lowest BCUT2D eigenvalue weighted by Gasteiger charge is -2.04. The molecule has 1 aromatic rings. The highest BCUT2D eigenvalue weighted by molar-refractivity contribution is 6.20. The number of halogens is 1. The van der Waals surface area contributed by atoms with Crippen LogP contribution < -0.4 is 5.32 Å². The molecule has 1 rings (SSSR count). The summed E-state index contributed by atoms with van der Waals surface area (Å²) >= 11 is 5.84. The lowest BCUT2D eigenvalue weighted by molar-refractivity contribution is 0.501. The van der Waals surface area contributed by atoms with Crippen LogP contribution in [-0.2, 0) is 0 Å². The van der Waals surface area contributed by atoms with Crippen molar-refractivity contribution < 1.29 is 4.42 Å². The van der Waals surface area contributed by atoms with Crippen molar-refractivity contribution in [3.63, 3.8) is 0 Å². The van der Waals surface area contributed by atoms with E-state index in [1.807, 2.05) is 6.92 Å². The minimum Gasteiger partial charge on any atom is -0.407 e. The number of aromatic nitrogens is 2. The SMILES string of the molecule is CC(C)CCCCCCNc1nnc(C(C)Cl)o1. The van der Waals surface area contributed by atoms with Gasteiger partial charge in [-0.25, -0.2) is 0 Å². The summed E-state index contributed by atoms with van der Waals surface area (Å²) in [4.78, 5) is 0. The Labute approximate surface area is 115 Å². The van der Waals surface area contributed by atoms with E-state index < -0.39 is 0 Å². The van der Waals surface area contributed by atoms with Crippen LogP contribution in [0.25, 0.3) is 0 Å². The molecular weight excluding hydrogens is 250 g/mol. The summed E-state index contributed by atoms with van der Waals surface area (Å²) in [6.45, 7) is 7.23. The molecule has 0 aromatic carbocycles. The van der Waals surface area contributed by atoms with Gasteiger partial charge in [-0.05, 0) is 19.3 Å². The average Bonchev–Trinajstić information content (AvgIpc) is 2.76. The number of alkyl halides is 1. The van der Waals surface area contributed by atoms with Crippen LogP contribution in [0.15, 0.2) is 4.42 Å². The predicted molar refractivity (Wildman–Crippen MR) is 75.0 cm³/mol. The largest absolute Gasteiger partial charge is 0.407 e. The first-order valence-corrected chi connectivity index (χ1v) is 7.24. The van der Waals surface area contributed by atoms with Gasteiger partial charge in [0, 0.05) is 6.54 Å². The first kappa shape index (κ1) is 15.3. The smallest absolute Gasteiger partial charge is 0.315 e. The van der Waals surface area contributed by atoms with Gasteiger partial charge >= 0.3 is 6.01 Å². The lowest BCUT2D eigenvalue weighted by Crippen LogP contribution is -2.01. The molecule has 18 heavy (non-hydrogen) atoms. The van der Waals surface area contributed by atoms with Crippen molar-refractivity contribution in [2.75, 3.05) is 11.9 Å². The Balaban J connectivity index is 2.03. The van der Waals surface area contributed by atoms with Gasteiger partial charge in [-0.1, -0.05) is 44.6 Å². The van der Waals surface area contributed by atoms with Crippen LogP contribution in [0.3, 0.4) is 0 Å². The van der Waals surface area contributed by atoms with Gasteiger partial charge < -0.3 is 9.73 Å². The van der Waals surface area contributed by atoms with Gasteiger partial charge in [-0.3, -0.25) is 0 Å². The van der Waals surface area contributed by atoms with E-state index in [-0.39, 0.29) is 5.38 Å². The molecule has 0 saturated carbocycles. The molecule has 0 fully saturated rings. The second kappa shape index (κ2) is 8.35. The van der Waals surface area contributed by atoms with Crippen molar-refractivity contribution in [2.24, 2.45) is 5.92 Å². The molecule has 0 saturated heterocycles. The van der Waals surface area contributed by atoms with Gasteiger partial charge in [0.15, 0.2) is 0 Å². The van der Waals surface area contributed by atoms with E-state index in [0.717, 1.165) is 18.9 Å². The molecule has 1 N–H and O–H groups in total. The average molecular weight is 274 g/mol. The summed E-state index contributed by atoms with van der Waals surface area (Å²) in [5.74, 6) is 1.29. The molecule has 0 bridgehead atoms. The number of unbranched alkanes of at least 4 members (excludes halogenated alkanes) is 3. The van der Waals surface area contributed by atoms with Gasteiger partial charge in [0.25, 0.3) is 0 Å². The Kier molecular flexibility index (Phi) is 7.09. The minimum absolute atomic E-state index is 0.232. The van der Waals surface area contributed by atoms with E-state index in [2.05, 4.69) is 29.4 Å². The molecule has 0 radical (unpaired) electrons. The third-order valence-electron chi connectivity index (χ3n) is 2.77. The van der Waals surface area contributed by atoms with Crippen LogP contribution in [-0.4, -0.2) is 16.7 Å². The van der Waals surface area contributed by atoms with E-state index in [1.54, 1.807) is 0 Å². The number of hydrogen-bond acceptors (Lipinski definition) is 4. The van der Waals surface area contributed by atoms with E-state index in [0.29, 0.717) is 11.9 Å². The number of nitrogens with one attached hydrogen (secondary N) is 1. The van der Waals surface area contributed by atoms with E-state index in [9.17, 15) is 0 Å². The first-order valence-electron chi connectivity index (χ1n) is 6.81. The quantitative estimate of drug-likeness (QED) is 0.536. The molecular formula is C13H24ClN3O. The molecule has 4 nitrogen and oxygen atoms in total. The summed E-state index contributed by atoms with van der Waals surface area (Å²) in [7, 11) is 0. The molecule has 5 heteroatoms. The van der Waals surface area contributed by atoms with Crippen molar-refractivity contribution >= 4 is 17.6 Å². The first-order chi connectivity index (χ1) is 8.59. The molecule has 0 aliphatic rings. The van der Waals surface area contributed by atoms with E-state index in [4.69, 9.17) is 16.0 Å². The zero-order valence-electron chi connectivity index (χ0n) is 11.6. The summed E-state index contributed by atoms with van der Waals surface area (Å²) < 4.78 is 5.34. The van der Waals surface area contributed by atoms with Gasteiger partial charge in [-0.15, -0.1) is 16.7 Å². The van der Waals surface area contributed by atoms with Crippen molar-refractivity contribution in [1.82, 2.24) is 10.2 Å². The van der Waals surface area contributed by atoms with Crippen LogP contribution in [0.1, 0.15) is 64.1 Å². The maximum atomic E-state index is 5.84. The molecule has 0 aliphatic heterocycles. The monoisotopic (exact) mass is 273 g/mol. The summed E-state index contributed by atoms with van der Waals surface area (Å²) in [6.07, 6.45) is 6.33. The van der Waals surface area contributed by atoms with Crippen LogP contribution in [0.4, 0.5) is 6.01 Å². The molecule has 0 spiro atoms. The summed E-state index contributed by atoms with van der Waals surface area (Å²) in [6, 6.07) is 0.472. The summed E-state index contributed by atoms with van der Waals surface area (Å²) in [5.41, 5.74) is 0. The second-order valence-corrected chi connectivity index (χ2v) is 5.74. The maximum absolute atomic E-state index is 5.84. The second-order valence-electron chi connectivity index (χ2n) is 5.08. The normalized spacial score (nSPS) is 12.9. The van der Waals surface area contributed by atoms with Gasteiger partial charge in [0.05, 0.1) is 0 Å². The molecule has 0 amide bonds. The molecule has 104 valence electrons. The van der Waals surface area contributed by atoms with Crippen LogP contribution in [0.2, 0.25) is 0 Å². The lowest BCUT2D eigenvalue weighted by atomic mass is 10.0. The zero-order valence-corrected chi connectivity index (χ0v) is 12.3. The van der Waals surface area contributed by atoms with Gasteiger partial charge in [0.2, 0.25) is 5.89 Å². The number of anilines is 1. The van der Waals surface area contributed by atoms with Crippen LogP contribution in [0, 0.1) is 5.92 Å². The third-order valence-corrected chi connectivity index (χ3v) is 2.95. The fourth-order valence-electron chi connectivity index (χ4n) is 1.69. The van der Waals surface area contributed by atoms with E-state index in [1.165, 1.54) is 25.7 Å². The Morgan fingerprint density at radius 2 is 1.83 bits per heavy atom. The van der Waals surface area contributed by atoms with Gasteiger partial charge in [-0.2, -0.15) is 0 Å². The van der Waals surface area contributed by atoms with Crippen molar-refractivity contribution in [1.29, 1.82) is 0 Å².